The Morgan fingerprint density at radius 1 is 1.47 bits per heavy atom. The van der Waals surface area contributed by atoms with Crippen molar-refractivity contribution in [3.05, 3.63) is 0 Å². The topological polar surface area (TPSA) is 40.6 Å². The van der Waals surface area contributed by atoms with E-state index in [1.807, 2.05) is 13.8 Å². The Bertz CT molecular complexity index is 330. The van der Waals surface area contributed by atoms with Crippen LogP contribution in [0, 0.1) is 5.92 Å². The second-order valence-electron chi connectivity index (χ2n) is 4.96. The number of alkyl halides is 1. The van der Waals surface area contributed by atoms with Crippen molar-refractivity contribution in [1.29, 1.82) is 0 Å². The van der Waals surface area contributed by atoms with Crippen molar-refractivity contribution in [2.45, 2.75) is 39.2 Å². The molecule has 102 valence electrons. The summed E-state index contributed by atoms with van der Waals surface area (Å²) in [5, 5.41) is 0. The number of nitrogens with zero attached hydrogens (tertiary/aromatic N) is 2. The average Bonchev–Trinajstić information content (AvgIpc) is 2.28. The van der Waals surface area contributed by atoms with Gasteiger partial charge >= 0.3 is 0 Å². The van der Waals surface area contributed by atoms with E-state index in [1.165, 1.54) is 4.31 Å². The lowest BCUT2D eigenvalue weighted by Gasteiger charge is -2.35. The first-order valence-electron chi connectivity index (χ1n) is 6.18. The Balaban J connectivity index is 2.71. The molecule has 1 aliphatic rings. The van der Waals surface area contributed by atoms with Crippen molar-refractivity contribution in [3.63, 3.8) is 0 Å². The van der Waals surface area contributed by atoms with Gasteiger partial charge in [0.15, 0.2) is 0 Å². The van der Waals surface area contributed by atoms with Gasteiger partial charge in [0.1, 0.15) is 0 Å². The van der Waals surface area contributed by atoms with Crippen LogP contribution in [0.1, 0.15) is 33.1 Å². The normalized spacial score (nSPS) is 23.5. The molecule has 0 aliphatic carbocycles. The van der Waals surface area contributed by atoms with Crippen LogP contribution in [-0.4, -0.2) is 49.1 Å². The van der Waals surface area contributed by atoms with Gasteiger partial charge in [-0.25, -0.2) is 0 Å². The predicted octanol–water partition coefficient (Wildman–Crippen LogP) is 1.91. The van der Waals surface area contributed by atoms with E-state index < -0.39 is 10.2 Å². The highest BCUT2D eigenvalue weighted by Crippen LogP contribution is 2.23. The van der Waals surface area contributed by atoms with Crippen LogP contribution in [0.15, 0.2) is 0 Å². The molecule has 0 spiro atoms. The van der Waals surface area contributed by atoms with Gasteiger partial charge in [-0.3, -0.25) is 0 Å². The molecule has 0 aromatic rings. The molecule has 0 N–H and O–H groups in total. The molecule has 0 radical (unpaired) electrons. The summed E-state index contributed by atoms with van der Waals surface area (Å²) in [5.41, 5.74) is 0. The predicted molar refractivity (Wildman–Crippen MR) is 71.5 cm³/mol. The van der Waals surface area contributed by atoms with E-state index in [0.29, 0.717) is 24.9 Å². The van der Waals surface area contributed by atoms with Crippen LogP contribution in [0.2, 0.25) is 0 Å². The number of halogens is 1. The third kappa shape index (κ3) is 3.81. The summed E-state index contributed by atoms with van der Waals surface area (Å²) >= 11 is 5.73. The summed E-state index contributed by atoms with van der Waals surface area (Å²) < 4.78 is 27.6. The summed E-state index contributed by atoms with van der Waals surface area (Å²) in [6, 6.07) is -0.00611. The van der Waals surface area contributed by atoms with Gasteiger partial charge in [-0.05, 0) is 39.0 Å². The maximum Gasteiger partial charge on any atom is 0.281 e. The lowest BCUT2D eigenvalue weighted by Crippen LogP contribution is -2.48. The van der Waals surface area contributed by atoms with Crippen molar-refractivity contribution >= 4 is 21.8 Å². The molecule has 1 aliphatic heterocycles. The lowest BCUT2D eigenvalue weighted by atomic mass is 9.97. The number of rotatable bonds is 5. The summed E-state index contributed by atoms with van der Waals surface area (Å²) in [6.45, 7) is 5.03. The highest BCUT2D eigenvalue weighted by Gasteiger charge is 2.32. The summed E-state index contributed by atoms with van der Waals surface area (Å²) in [4.78, 5) is 0. The highest BCUT2D eigenvalue weighted by atomic mass is 35.5. The third-order valence-corrected chi connectivity index (χ3v) is 5.77. The minimum atomic E-state index is -3.29. The number of piperidine rings is 1. The molecule has 0 aromatic carbocycles. The molecule has 0 bridgehead atoms. The van der Waals surface area contributed by atoms with E-state index in [2.05, 4.69) is 0 Å². The Kier molecular flexibility index (Phi) is 5.70. The largest absolute Gasteiger partial charge is 0.281 e. The van der Waals surface area contributed by atoms with Crippen LogP contribution < -0.4 is 0 Å². The first-order chi connectivity index (χ1) is 7.89. The van der Waals surface area contributed by atoms with Crippen LogP contribution in [0.3, 0.4) is 0 Å². The van der Waals surface area contributed by atoms with Crippen LogP contribution in [-0.2, 0) is 10.2 Å². The van der Waals surface area contributed by atoms with Crippen molar-refractivity contribution < 1.29 is 8.42 Å². The molecule has 1 saturated heterocycles. The summed E-state index contributed by atoms with van der Waals surface area (Å²) in [6.07, 6.45) is 2.93. The number of hydrogen-bond donors (Lipinski definition) is 0. The fraction of sp³-hybridized carbons (Fsp3) is 1.00. The molecular formula is C11H23ClN2O2S. The zero-order valence-electron chi connectivity index (χ0n) is 10.9. The molecule has 0 saturated carbocycles. The zero-order chi connectivity index (χ0) is 13.1. The Morgan fingerprint density at radius 2 is 2.12 bits per heavy atom. The minimum absolute atomic E-state index is 0.00611. The molecule has 4 nitrogen and oxygen atoms in total. The average molecular weight is 283 g/mol. The van der Waals surface area contributed by atoms with E-state index in [-0.39, 0.29) is 6.04 Å². The standard InChI is InChI=1S/C11H23ClN2O2S/c1-10(2)13(3)17(15,16)14-8-4-5-11(9-14)6-7-12/h10-11H,4-9H2,1-3H3. The third-order valence-electron chi connectivity index (χ3n) is 3.42. The molecule has 1 unspecified atom stereocenters. The van der Waals surface area contributed by atoms with Crippen LogP contribution >= 0.6 is 11.6 Å². The van der Waals surface area contributed by atoms with E-state index in [0.717, 1.165) is 19.3 Å². The molecular weight excluding hydrogens is 260 g/mol. The Morgan fingerprint density at radius 3 is 2.65 bits per heavy atom. The molecule has 0 amide bonds. The molecule has 1 rings (SSSR count). The zero-order valence-corrected chi connectivity index (χ0v) is 12.5. The van der Waals surface area contributed by atoms with Crippen LogP contribution in [0.4, 0.5) is 0 Å². The van der Waals surface area contributed by atoms with Gasteiger partial charge in [-0.1, -0.05) is 0 Å². The smallest absolute Gasteiger partial charge is 0.195 e. The fourth-order valence-electron chi connectivity index (χ4n) is 2.07. The summed E-state index contributed by atoms with van der Waals surface area (Å²) in [7, 11) is -1.64. The molecule has 1 fully saturated rings. The Labute approximate surface area is 110 Å². The highest BCUT2D eigenvalue weighted by molar-refractivity contribution is 7.86. The van der Waals surface area contributed by atoms with Gasteiger partial charge in [0.2, 0.25) is 0 Å². The quantitative estimate of drug-likeness (QED) is 0.723. The van der Waals surface area contributed by atoms with Gasteiger partial charge in [0.05, 0.1) is 0 Å². The van der Waals surface area contributed by atoms with Gasteiger partial charge in [-0.2, -0.15) is 17.0 Å². The van der Waals surface area contributed by atoms with E-state index in [1.54, 1.807) is 11.4 Å². The number of hydrogen-bond acceptors (Lipinski definition) is 2. The van der Waals surface area contributed by atoms with Gasteiger partial charge in [0.25, 0.3) is 10.2 Å². The second kappa shape index (κ2) is 6.36. The van der Waals surface area contributed by atoms with Gasteiger partial charge in [-0.15, -0.1) is 11.6 Å². The molecule has 1 atom stereocenters. The van der Waals surface area contributed by atoms with Crippen LogP contribution in [0.25, 0.3) is 0 Å². The maximum absolute atomic E-state index is 12.3. The van der Waals surface area contributed by atoms with Crippen molar-refractivity contribution in [2.75, 3.05) is 26.0 Å². The van der Waals surface area contributed by atoms with Crippen molar-refractivity contribution in [2.24, 2.45) is 5.92 Å². The fourth-order valence-corrected chi connectivity index (χ4v) is 4.04. The van der Waals surface area contributed by atoms with E-state index >= 15 is 0 Å². The SMILES string of the molecule is CC(C)N(C)S(=O)(=O)N1CCCC(CCCl)C1. The molecule has 0 aromatic heterocycles. The van der Waals surface area contributed by atoms with Crippen LogP contribution in [0.5, 0.6) is 0 Å². The van der Waals surface area contributed by atoms with Gasteiger partial charge < -0.3 is 0 Å². The first-order valence-corrected chi connectivity index (χ1v) is 8.11. The van der Waals surface area contributed by atoms with E-state index in [4.69, 9.17) is 11.6 Å². The molecule has 17 heavy (non-hydrogen) atoms. The lowest BCUT2D eigenvalue weighted by molar-refractivity contribution is 0.242. The van der Waals surface area contributed by atoms with Gasteiger partial charge in [0, 0.05) is 32.1 Å². The second-order valence-corrected chi connectivity index (χ2v) is 7.33. The maximum atomic E-state index is 12.3. The Hall–Kier alpha value is 0.160. The monoisotopic (exact) mass is 282 g/mol. The van der Waals surface area contributed by atoms with E-state index in [9.17, 15) is 8.42 Å². The minimum Gasteiger partial charge on any atom is -0.195 e. The van der Waals surface area contributed by atoms with Crippen molar-refractivity contribution in [3.8, 4) is 0 Å². The van der Waals surface area contributed by atoms with Crippen molar-refractivity contribution in [1.82, 2.24) is 8.61 Å². The molecule has 1 heterocycles. The first kappa shape index (κ1) is 15.2. The summed E-state index contributed by atoms with van der Waals surface area (Å²) in [5.74, 6) is 1.02. The molecule has 6 heteroatoms.